The number of carboxylic acid groups (broad SMARTS) is 1. The van der Waals surface area contributed by atoms with E-state index in [0.29, 0.717) is 11.5 Å². The molecule has 1 aromatic carbocycles. The first-order chi connectivity index (χ1) is 9.66. The zero-order valence-corrected chi connectivity index (χ0v) is 11.6. The third-order valence-electron chi connectivity index (χ3n) is 4.94. The van der Waals surface area contributed by atoms with Gasteiger partial charge in [-0.05, 0) is 54.7 Å². The Hall–Kier alpha value is -1.64. The van der Waals surface area contributed by atoms with Crippen LogP contribution < -0.4 is 0 Å². The van der Waals surface area contributed by atoms with Gasteiger partial charge in [0.15, 0.2) is 0 Å². The Labute approximate surface area is 119 Å². The van der Waals surface area contributed by atoms with Gasteiger partial charge < -0.3 is 5.11 Å². The average molecular weight is 272 g/mol. The molecule has 0 saturated heterocycles. The van der Waals surface area contributed by atoms with Crippen LogP contribution >= 0.6 is 0 Å². The van der Waals surface area contributed by atoms with Crippen molar-refractivity contribution in [1.29, 1.82) is 0 Å². The van der Waals surface area contributed by atoms with Crippen molar-refractivity contribution < 1.29 is 14.7 Å². The number of aliphatic carboxylic acids is 1. The molecule has 3 heteroatoms. The van der Waals surface area contributed by atoms with Crippen molar-refractivity contribution in [2.75, 3.05) is 0 Å². The Kier molecular flexibility index (Phi) is 3.60. The van der Waals surface area contributed by atoms with E-state index in [-0.39, 0.29) is 0 Å². The Morgan fingerprint density at radius 3 is 2.50 bits per heavy atom. The largest absolute Gasteiger partial charge is 0.475 e. The minimum Gasteiger partial charge on any atom is -0.475 e. The highest BCUT2D eigenvalue weighted by molar-refractivity contribution is 6.39. The number of benzene rings is 1. The van der Waals surface area contributed by atoms with E-state index in [1.807, 2.05) is 6.07 Å². The Morgan fingerprint density at radius 2 is 1.80 bits per heavy atom. The predicted octanol–water partition coefficient (Wildman–Crippen LogP) is 3.56. The summed E-state index contributed by atoms with van der Waals surface area (Å²) in [6.07, 6.45) is 8.82. The maximum atomic E-state index is 11.5. The summed E-state index contributed by atoms with van der Waals surface area (Å²) in [4.78, 5) is 22.3. The smallest absolute Gasteiger partial charge is 0.377 e. The van der Waals surface area contributed by atoms with Crippen molar-refractivity contribution in [3.8, 4) is 0 Å². The standard InChI is InChI=1S/C17H20O3/c18-16(17(19)20)13-7-9-15-12(10-13)6-8-14(15)11-4-2-1-3-5-11/h7,9-11,14H,1-6,8H2,(H,19,20). The number of rotatable bonds is 3. The third-order valence-corrected chi connectivity index (χ3v) is 4.94. The lowest BCUT2D eigenvalue weighted by molar-refractivity contribution is -0.131. The third kappa shape index (κ3) is 2.37. The fourth-order valence-corrected chi connectivity index (χ4v) is 3.94. The van der Waals surface area contributed by atoms with Crippen molar-refractivity contribution in [3.63, 3.8) is 0 Å². The fraction of sp³-hybridized carbons (Fsp3) is 0.529. The van der Waals surface area contributed by atoms with E-state index >= 15 is 0 Å². The van der Waals surface area contributed by atoms with E-state index in [4.69, 9.17) is 5.11 Å². The number of ketones is 1. The molecule has 1 atom stereocenters. The monoisotopic (exact) mass is 272 g/mol. The van der Waals surface area contributed by atoms with Crippen molar-refractivity contribution >= 4 is 11.8 Å². The molecule has 2 aliphatic rings. The molecule has 20 heavy (non-hydrogen) atoms. The van der Waals surface area contributed by atoms with E-state index in [1.54, 1.807) is 12.1 Å². The van der Waals surface area contributed by atoms with Crippen LogP contribution in [0.15, 0.2) is 18.2 Å². The van der Waals surface area contributed by atoms with Crippen LogP contribution in [0.25, 0.3) is 0 Å². The Bertz CT molecular complexity index is 541. The van der Waals surface area contributed by atoms with Gasteiger partial charge in [0.25, 0.3) is 5.78 Å². The molecule has 0 aliphatic heterocycles. The van der Waals surface area contributed by atoms with Gasteiger partial charge in [-0.25, -0.2) is 4.79 Å². The minimum atomic E-state index is -1.37. The second-order valence-corrected chi connectivity index (χ2v) is 6.09. The van der Waals surface area contributed by atoms with Crippen LogP contribution in [0.1, 0.15) is 65.9 Å². The predicted molar refractivity (Wildman–Crippen MR) is 76.0 cm³/mol. The van der Waals surface area contributed by atoms with Crippen LogP contribution in [-0.4, -0.2) is 16.9 Å². The quantitative estimate of drug-likeness (QED) is 0.676. The van der Waals surface area contributed by atoms with Gasteiger partial charge in [-0.1, -0.05) is 31.4 Å². The summed E-state index contributed by atoms with van der Waals surface area (Å²) in [7, 11) is 0. The number of carbonyl (C=O) groups excluding carboxylic acids is 1. The van der Waals surface area contributed by atoms with Crippen molar-refractivity contribution in [1.82, 2.24) is 0 Å². The molecule has 0 amide bonds. The van der Waals surface area contributed by atoms with Gasteiger partial charge in [0.2, 0.25) is 0 Å². The zero-order chi connectivity index (χ0) is 14.1. The van der Waals surface area contributed by atoms with Gasteiger partial charge >= 0.3 is 5.97 Å². The molecule has 3 nitrogen and oxygen atoms in total. The first-order valence-electron chi connectivity index (χ1n) is 7.57. The molecule has 0 aromatic heterocycles. The molecule has 1 saturated carbocycles. The molecule has 1 N–H and O–H groups in total. The van der Waals surface area contributed by atoms with E-state index in [0.717, 1.165) is 18.8 Å². The number of aryl methyl sites for hydroxylation is 1. The molecule has 0 heterocycles. The van der Waals surface area contributed by atoms with Gasteiger partial charge in [0.05, 0.1) is 0 Å². The number of hydrogen-bond acceptors (Lipinski definition) is 2. The number of carboxylic acids is 1. The topological polar surface area (TPSA) is 54.4 Å². The number of Topliss-reactive ketones (excluding diaryl/α,β-unsaturated/α-hetero) is 1. The molecule has 0 radical (unpaired) electrons. The molecule has 1 aromatic rings. The highest BCUT2D eigenvalue weighted by Gasteiger charge is 2.31. The summed E-state index contributed by atoms with van der Waals surface area (Å²) < 4.78 is 0. The Morgan fingerprint density at radius 1 is 1.05 bits per heavy atom. The molecule has 106 valence electrons. The number of carbonyl (C=O) groups is 2. The maximum absolute atomic E-state index is 11.5. The lowest BCUT2D eigenvalue weighted by Gasteiger charge is -2.28. The lowest BCUT2D eigenvalue weighted by atomic mass is 9.77. The van der Waals surface area contributed by atoms with Crippen LogP contribution in [0, 0.1) is 5.92 Å². The van der Waals surface area contributed by atoms with Crippen molar-refractivity contribution in [2.45, 2.75) is 50.9 Å². The summed E-state index contributed by atoms with van der Waals surface area (Å²) in [5.41, 5.74) is 2.87. The number of fused-ring (bicyclic) bond motifs is 1. The first kappa shape index (κ1) is 13.3. The molecule has 1 unspecified atom stereocenters. The van der Waals surface area contributed by atoms with Crippen LogP contribution in [0.2, 0.25) is 0 Å². The second-order valence-electron chi connectivity index (χ2n) is 6.09. The van der Waals surface area contributed by atoms with Crippen LogP contribution in [0.5, 0.6) is 0 Å². The minimum absolute atomic E-state index is 0.320. The first-order valence-corrected chi connectivity index (χ1v) is 7.57. The van der Waals surface area contributed by atoms with Crippen LogP contribution in [0.4, 0.5) is 0 Å². The highest BCUT2D eigenvalue weighted by Crippen LogP contribution is 2.44. The van der Waals surface area contributed by atoms with Gasteiger partial charge in [-0.15, -0.1) is 0 Å². The van der Waals surface area contributed by atoms with Gasteiger partial charge in [0, 0.05) is 5.56 Å². The van der Waals surface area contributed by atoms with E-state index in [2.05, 4.69) is 0 Å². The van der Waals surface area contributed by atoms with Crippen molar-refractivity contribution in [2.24, 2.45) is 5.92 Å². The molecule has 1 fully saturated rings. The molecular formula is C17H20O3. The Balaban J connectivity index is 1.84. The summed E-state index contributed by atoms with van der Waals surface area (Å²) >= 11 is 0. The normalized spacial score (nSPS) is 22.5. The van der Waals surface area contributed by atoms with Gasteiger partial charge in [-0.3, -0.25) is 4.79 Å². The van der Waals surface area contributed by atoms with E-state index in [9.17, 15) is 9.59 Å². The molecular weight excluding hydrogens is 252 g/mol. The summed E-state index contributed by atoms with van der Waals surface area (Å²) in [5.74, 6) is -0.758. The second kappa shape index (κ2) is 5.39. The van der Waals surface area contributed by atoms with Gasteiger partial charge in [-0.2, -0.15) is 0 Å². The maximum Gasteiger partial charge on any atom is 0.377 e. The lowest BCUT2D eigenvalue weighted by Crippen LogP contribution is -2.15. The van der Waals surface area contributed by atoms with E-state index in [1.165, 1.54) is 43.2 Å². The summed E-state index contributed by atoms with van der Waals surface area (Å²) in [6.45, 7) is 0. The van der Waals surface area contributed by atoms with Crippen LogP contribution in [-0.2, 0) is 11.2 Å². The number of hydrogen-bond donors (Lipinski definition) is 1. The fourth-order valence-electron chi connectivity index (χ4n) is 3.94. The average Bonchev–Trinajstić information content (AvgIpc) is 2.90. The summed E-state index contributed by atoms with van der Waals surface area (Å²) in [5, 5.41) is 8.79. The van der Waals surface area contributed by atoms with Crippen LogP contribution in [0.3, 0.4) is 0 Å². The molecule has 2 aliphatic carbocycles. The SMILES string of the molecule is O=C(O)C(=O)c1ccc2c(c1)CCC2C1CCCCC1. The zero-order valence-electron chi connectivity index (χ0n) is 11.6. The van der Waals surface area contributed by atoms with E-state index < -0.39 is 11.8 Å². The van der Waals surface area contributed by atoms with Gasteiger partial charge in [0.1, 0.15) is 0 Å². The molecule has 0 spiro atoms. The summed E-state index contributed by atoms with van der Waals surface area (Å²) in [6, 6.07) is 5.49. The highest BCUT2D eigenvalue weighted by atomic mass is 16.4. The molecule has 3 rings (SSSR count). The van der Waals surface area contributed by atoms with Crippen molar-refractivity contribution in [3.05, 3.63) is 34.9 Å². The molecule has 0 bridgehead atoms.